The van der Waals surface area contributed by atoms with E-state index in [1.165, 1.54) is 12.2 Å². The van der Waals surface area contributed by atoms with E-state index in [-0.39, 0.29) is 0 Å². The van der Waals surface area contributed by atoms with E-state index in [1.54, 1.807) is 0 Å². The highest BCUT2D eigenvalue weighted by Crippen LogP contribution is 2.31. The fraction of sp³-hybridized carbons (Fsp3) is 0.571. The van der Waals surface area contributed by atoms with Crippen LogP contribution in [0.25, 0.3) is 0 Å². The summed E-state index contributed by atoms with van der Waals surface area (Å²) in [6, 6.07) is 5.73. The van der Waals surface area contributed by atoms with Crippen LogP contribution in [0.15, 0.2) is 18.2 Å². The van der Waals surface area contributed by atoms with Gasteiger partial charge in [0.05, 0.1) is 0 Å². The fourth-order valence-electron chi connectivity index (χ4n) is 2.17. The van der Waals surface area contributed by atoms with Crippen LogP contribution in [0.4, 0.5) is 5.69 Å². The SMILES string of the molecule is CC1(C)CCN(Cc2cc(Cl)ccc2N)CCS1. The molecule has 1 aliphatic heterocycles. The van der Waals surface area contributed by atoms with Gasteiger partial charge in [0.15, 0.2) is 0 Å². The maximum absolute atomic E-state index is 6.03. The largest absolute Gasteiger partial charge is 0.398 e. The van der Waals surface area contributed by atoms with E-state index in [4.69, 9.17) is 17.3 Å². The van der Waals surface area contributed by atoms with Gasteiger partial charge >= 0.3 is 0 Å². The van der Waals surface area contributed by atoms with Gasteiger partial charge in [-0.15, -0.1) is 0 Å². The van der Waals surface area contributed by atoms with Gasteiger partial charge < -0.3 is 5.73 Å². The summed E-state index contributed by atoms with van der Waals surface area (Å²) in [5.41, 5.74) is 8.00. The lowest BCUT2D eigenvalue weighted by atomic mass is 10.1. The summed E-state index contributed by atoms with van der Waals surface area (Å²) in [6.45, 7) is 7.82. The minimum atomic E-state index is 0.397. The van der Waals surface area contributed by atoms with Crippen LogP contribution < -0.4 is 5.73 Å². The highest BCUT2D eigenvalue weighted by Gasteiger charge is 2.23. The van der Waals surface area contributed by atoms with Crippen molar-refractivity contribution in [3.63, 3.8) is 0 Å². The summed E-state index contributed by atoms with van der Waals surface area (Å²) in [6.07, 6.45) is 1.22. The van der Waals surface area contributed by atoms with Gasteiger partial charge in [-0.25, -0.2) is 0 Å². The van der Waals surface area contributed by atoms with Gasteiger partial charge in [-0.1, -0.05) is 25.4 Å². The monoisotopic (exact) mass is 284 g/mol. The summed E-state index contributed by atoms with van der Waals surface area (Å²) >= 11 is 8.10. The Balaban J connectivity index is 2.03. The molecule has 0 spiro atoms. The van der Waals surface area contributed by atoms with Crippen LogP contribution in [-0.4, -0.2) is 28.5 Å². The molecule has 1 fully saturated rings. The minimum absolute atomic E-state index is 0.397. The van der Waals surface area contributed by atoms with Crippen molar-refractivity contribution >= 4 is 29.1 Å². The van der Waals surface area contributed by atoms with Crippen LogP contribution in [0.3, 0.4) is 0 Å². The lowest BCUT2D eigenvalue weighted by molar-refractivity contribution is 0.277. The van der Waals surface area contributed by atoms with Crippen LogP contribution in [0.2, 0.25) is 5.02 Å². The predicted molar refractivity (Wildman–Crippen MR) is 82.3 cm³/mol. The van der Waals surface area contributed by atoms with Gasteiger partial charge in [-0.05, 0) is 36.7 Å². The molecule has 0 bridgehead atoms. The first kappa shape index (κ1) is 14.0. The number of hydrogen-bond acceptors (Lipinski definition) is 3. The molecule has 1 aromatic carbocycles. The third-order valence-electron chi connectivity index (χ3n) is 3.43. The first-order chi connectivity index (χ1) is 8.46. The first-order valence-electron chi connectivity index (χ1n) is 6.36. The molecule has 0 aromatic heterocycles. The summed E-state index contributed by atoms with van der Waals surface area (Å²) < 4.78 is 0.397. The number of thioether (sulfide) groups is 1. The Labute approximate surface area is 119 Å². The molecular formula is C14H21ClN2S. The standard InChI is InChI=1S/C14H21ClN2S/c1-14(2)5-6-17(7-8-18-14)10-11-9-12(15)3-4-13(11)16/h3-4,9H,5-8,10,16H2,1-2H3. The Kier molecular flexibility index (Phi) is 4.46. The van der Waals surface area contributed by atoms with E-state index in [9.17, 15) is 0 Å². The van der Waals surface area contributed by atoms with Gasteiger partial charge in [0.25, 0.3) is 0 Å². The molecule has 100 valence electrons. The summed E-state index contributed by atoms with van der Waals surface area (Å²) in [5.74, 6) is 1.19. The third-order valence-corrected chi connectivity index (χ3v) is 5.04. The second-order valence-electron chi connectivity index (χ2n) is 5.48. The van der Waals surface area contributed by atoms with Gasteiger partial charge in [-0.3, -0.25) is 4.90 Å². The fourth-order valence-corrected chi connectivity index (χ4v) is 3.51. The Morgan fingerprint density at radius 1 is 1.39 bits per heavy atom. The normalized spacial score (nSPS) is 20.6. The molecule has 0 radical (unpaired) electrons. The highest BCUT2D eigenvalue weighted by molar-refractivity contribution is 8.00. The molecule has 1 aliphatic rings. The lowest BCUT2D eigenvalue weighted by Crippen LogP contribution is -2.27. The van der Waals surface area contributed by atoms with Crippen molar-refractivity contribution in [2.45, 2.75) is 31.6 Å². The summed E-state index contributed by atoms with van der Waals surface area (Å²) in [5, 5.41) is 0.767. The zero-order valence-corrected chi connectivity index (χ0v) is 12.7. The molecule has 2 N–H and O–H groups in total. The molecule has 2 nitrogen and oxygen atoms in total. The van der Waals surface area contributed by atoms with E-state index < -0.39 is 0 Å². The number of nitrogens with zero attached hydrogens (tertiary/aromatic N) is 1. The minimum Gasteiger partial charge on any atom is -0.398 e. The average Bonchev–Trinajstić information content (AvgIpc) is 2.46. The van der Waals surface area contributed by atoms with Crippen LogP contribution in [0.1, 0.15) is 25.8 Å². The molecule has 0 saturated carbocycles. The molecule has 0 amide bonds. The number of rotatable bonds is 2. The van der Waals surface area contributed by atoms with Crippen molar-refractivity contribution in [1.29, 1.82) is 0 Å². The average molecular weight is 285 g/mol. The first-order valence-corrected chi connectivity index (χ1v) is 7.73. The van der Waals surface area contributed by atoms with Gasteiger partial charge in [0.1, 0.15) is 0 Å². The Morgan fingerprint density at radius 2 is 2.17 bits per heavy atom. The van der Waals surface area contributed by atoms with Crippen LogP contribution >= 0.6 is 23.4 Å². The highest BCUT2D eigenvalue weighted by atomic mass is 35.5. The smallest absolute Gasteiger partial charge is 0.0410 e. The number of nitrogens with two attached hydrogens (primary N) is 1. The van der Waals surface area contributed by atoms with E-state index >= 15 is 0 Å². The Morgan fingerprint density at radius 3 is 2.94 bits per heavy atom. The number of hydrogen-bond donors (Lipinski definition) is 1. The van der Waals surface area contributed by atoms with Gasteiger partial charge in [-0.2, -0.15) is 11.8 Å². The molecule has 0 unspecified atom stereocenters. The Hall–Kier alpha value is -0.380. The third kappa shape index (κ3) is 3.81. The lowest BCUT2D eigenvalue weighted by Gasteiger charge is -2.23. The number of halogens is 1. The zero-order valence-electron chi connectivity index (χ0n) is 11.1. The molecule has 1 saturated heterocycles. The quantitative estimate of drug-likeness (QED) is 0.841. The molecular weight excluding hydrogens is 264 g/mol. The van der Waals surface area contributed by atoms with Crippen LogP contribution in [-0.2, 0) is 6.54 Å². The molecule has 1 heterocycles. The number of benzene rings is 1. The number of nitrogen functional groups attached to an aromatic ring is 1. The van der Waals surface area contributed by atoms with Gasteiger partial charge in [0.2, 0.25) is 0 Å². The van der Waals surface area contributed by atoms with Crippen molar-refractivity contribution < 1.29 is 0 Å². The van der Waals surface area contributed by atoms with E-state index in [2.05, 4.69) is 30.5 Å². The Bertz CT molecular complexity index is 420. The van der Waals surface area contributed by atoms with Crippen molar-refractivity contribution in [2.24, 2.45) is 0 Å². The molecule has 18 heavy (non-hydrogen) atoms. The molecule has 4 heteroatoms. The van der Waals surface area contributed by atoms with Crippen molar-refractivity contribution in [3.8, 4) is 0 Å². The van der Waals surface area contributed by atoms with E-state index in [0.29, 0.717) is 4.75 Å². The van der Waals surface area contributed by atoms with Gasteiger partial charge in [0, 0.05) is 34.3 Å². The predicted octanol–water partition coefficient (Wildman–Crippen LogP) is 3.64. The second kappa shape index (κ2) is 5.72. The zero-order chi connectivity index (χ0) is 13.2. The maximum atomic E-state index is 6.03. The number of anilines is 1. The summed E-state index contributed by atoms with van der Waals surface area (Å²) in [4.78, 5) is 2.48. The van der Waals surface area contributed by atoms with E-state index in [1.807, 2.05) is 18.2 Å². The topological polar surface area (TPSA) is 29.3 Å². The van der Waals surface area contributed by atoms with Crippen molar-refractivity contribution in [1.82, 2.24) is 4.90 Å². The maximum Gasteiger partial charge on any atom is 0.0410 e. The van der Waals surface area contributed by atoms with E-state index in [0.717, 1.165) is 35.9 Å². The van der Waals surface area contributed by atoms with Crippen LogP contribution in [0.5, 0.6) is 0 Å². The summed E-state index contributed by atoms with van der Waals surface area (Å²) in [7, 11) is 0. The molecule has 0 atom stereocenters. The van der Waals surface area contributed by atoms with Crippen molar-refractivity contribution in [3.05, 3.63) is 28.8 Å². The molecule has 2 rings (SSSR count). The van der Waals surface area contributed by atoms with Crippen LogP contribution in [0, 0.1) is 0 Å². The van der Waals surface area contributed by atoms with Crippen molar-refractivity contribution in [2.75, 3.05) is 24.6 Å². The molecule has 1 aromatic rings. The second-order valence-corrected chi connectivity index (χ2v) is 7.72. The molecule has 0 aliphatic carbocycles.